The zero-order valence-electron chi connectivity index (χ0n) is 18.7. The monoisotopic (exact) mass is 441 g/mol. The van der Waals surface area contributed by atoms with Gasteiger partial charge in [0.05, 0.1) is 5.57 Å². The molecule has 31 heavy (non-hydrogen) atoms. The molecule has 0 amide bonds. The summed E-state index contributed by atoms with van der Waals surface area (Å²) in [6.07, 6.45) is 7.63. The smallest absolute Gasteiger partial charge is 0.337 e. The second-order valence-electron chi connectivity index (χ2n) is 10.0. The number of allylic oxidation sites excluding steroid dienone is 3. The van der Waals surface area contributed by atoms with E-state index in [9.17, 15) is 9.59 Å². The topological polar surface area (TPSA) is 55.4 Å². The standard InChI is InChI=1S/C26H32ClNO3/c1-16-22(25(30)31-19-8-6-4-5-7-9-19)23(17-10-12-18(27)13-11-17)24-20(28-16)14-26(2,3)15-21(24)29/h10-13,19,23,28H,4-9,14-15H2,1-3H3/t23-/m0/s1. The maximum atomic E-state index is 13.5. The first-order chi connectivity index (χ1) is 14.7. The number of hydrogen-bond acceptors (Lipinski definition) is 4. The minimum absolute atomic E-state index is 0.0439. The third-order valence-electron chi connectivity index (χ3n) is 6.74. The summed E-state index contributed by atoms with van der Waals surface area (Å²) in [6, 6.07) is 7.48. The highest BCUT2D eigenvalue weighted by Crippen LogP contribution is 2.47. The zero-order valence-corrected chi connectivity index (χ0v) is 19.5. The van der Waals surface area contributed by atoms with Crippen molar-refractivity contribution in [2.24, 2.45) is 5.41 Å². The van der Waals surface area contributed by atoms with Gasteiger partial charge in [-0.3, -0.25) is 4.79 Å². The molecule has 166 valence electrons. The van der Waals surface area contributed by atoms with Gasteiger partial charge in [0.25, 0.3) is 0 Å². The van der Waals surface area contributed by atoms with Crippen molar-refractivity contribution in [1.82, 2.24) is 5.32 Å². The quantitative estimate of drug-likeness (QED) is 0.447. The number of rotatable bonds is 3. The van der Waals surface area contributed by atoms with Crippen LogP contribution in [-0.4, -0.2) is 17.9 Å². The molecule has 0 unspecified atom stereocenters. The molecule has 3 aliphatic rings. The average Bonchev–Trinajstić information content (AvgIpc) is 2.95. The molecule has 1 heterocycles. The van der Waals surface area contributed by atoms with Crippen LogP contribution >= 0.6 is 11.6 Å². The van der Waals surface area contributed by atoms with E-state index < -0.39 is 5.92 Å². The highest BCUT2D eigenvalue weighted by Gasteiger charge is 2.43. The fourth-order valence-electron chi connectivity index (χ4n) is 5.27. The number of Topliss-reactive ketones (excluding diaryl/α,β-unsaturated/α-hetero) is 1. The van der Waals surface area contributed by atoms with Gasteiger partial charge in [0.15, 0.2) is 5.78 Å². The Morgan fingerprint density at radius 2 is 1.71 bits per heavy atom. The lowest BCUT2D eigenvalue weighted by Gasteiger charge is -2.39. The molecular weight excluding hydrogens is 410 g/mol. The first-order valence-corrected chi connectivity index (χ1v) is 11.8. The number of ketones is 1. The molecule has 0 aromatic heterocycles. The Hall–Kier alpha value is -2.07. The summed E-state index contributed by atoms with van der Waals surface area (Å²) in [7, 11) is 0. The van der Waals surface area contributed by atoms with E-state index in [1.807, 2.05) is 31.2 Å². The van der Waals surface area contributed by atoms with Crippen molar-refractivity contribution in [3.8, 4) is 0 Å². The van der Waals surface area contributed by atoms with Gasteiger partial charge in [-0.2, -0.15) is 0 Å². The maximum Gasteiger partial charge on any atom is 0.337 e. The molecule has 0 bridgehead atoms. The van der Waals surface area contributed by atoms with Gasteiger partial charge in [-0.05, 0) is 62.1 Å². The van der Waals surface area contributed by atoms with E-state index in [1.54, 1.807) is 0 Å². The van der Waals surface area contributed by atoms with Crippen molar-refractivity contribution in [2.45, 2.75) is 84.2 Å². The number of nitrogens with one attached hydrogen (secondary N) is 1. The van der Waals surface area contributed by atoms with Crippen LogP contribution in [0.3, 0.4) is 0 Å². The fourth-order valence-corrected chi connectivity index (χ4v) is 5.40. The number of benzene rings is 1. The Labute approximate surface area is 190 Å². The first-order valence-electron chi connectivity index (χ1n) is 11.5. The molecule has 1 aromatic carbocycles. The third-order valence-corrected chi connectivity index (χ3v) is 6.99. The summed E-state index contributed by atoms with van der Waals surface area (Å²) < 4.78 is 6.02. The van der Waals surface area contributed by atoms with Crippen molar-refractivity contribution in [3.63, 3.8) is 0 Å². The first kappa shape index (κ1) is 22.1. The molecular formula is C26H32ClNO3. The summed E-state index contributed by atoms with van der Waals surface area (Å²) in [5.41, 5.74) is 3.77. The van der Waals surface area contributed by atoms with Crippen LogP contribution in [0.1, 0.15) is 83.6 Å². The van der Waals surface area contributed by atoms with Crippen LogP contribution < -0.4 is 5.32 Å². The number of hydrogen-bond donors (Lipinski definition) is 1. The van der Waals surface area contributed by atoms with E-state index in [4.69, 9.17) is 16.3 Å². The highest BCUT2D eigenvalue weighted by molar-refractivity contribution is 6.30. The normalized spacial score (nSPS) is 24.4. The molecule has 5 heteroatoms. The van der Waals surface area contributed by atoms with E-state index in [2.05, 4.69) is 19.2 Å². The Morgan fingerprint density at radius 3 is 2.35 bits per heavy atom. The van der Waals surface area contributed by atoms with Crippen LogP contribution in [0.15, 0.2) is 46.8 Å². The molecule has 0 radical (unpaired) electrons. The molecule has 4 nitrogen and oxygen atoms in total. The van der Waals surface area contributed by atoms with Crippen LogP contribution in [-0.2, 0) is 14.3 Å². The summed E-state index contributed by atoms with van der Waals surface area (Å²) in [5, 5.41) is 4.04. The van der Waals surface area contributed by atoms with Crippen molar-refractivity contribution < 1.29 is 14.3 Å². The second kappa shape index (κ2) is 8.82. The second-order valence-corrected chi connectivity index (χ2v) is 10.4. The van der Waals surface area contributed by atoms with Crippen LogP contribution in [0.2, 0.25) is 5.02 Å². The Kier molecular flexibility index (Phi) is 6.30. The summed E-state index contributed by atoms with van der Waals surface area (Å²) in [5.74, 6) is -0.623. The molecule has 4 rings (SSSR count). The van der Waals surface area contributed by atoms with Gasteiger partial charge < -0.3 is 10.1 Å². The van der Waals surface area contributed by atoms with Gasteiger partial charge >= 0.3 is 5.97 Å². The van der Waals surface area contributed by atoms with Crippen molar-refractivity contribution in [2.75, 3.05) is 0 Å². The minimum Gasteiger partial charge on any atom is -0.459 e. The highest BCUT2D eigenvalue weighted by atomic mass is 35.5. The number of halogens is 1. The predicted octanol–water partition coefficient (Wildman–Crippen LogP) is 6.21. The number of dihydropyridines is 1. The molecule has 1 aliphatic heterocycles. The van der Waals surface area contributed by atoms with Gasteiger partial charge in [0.2, 0.25) is 0 Å². The van der Waals surface area contributed by atoms with Crippen LogP contribution in [0.4, 0.5) is 0 Å². The van der Waals surface area contributed by atoms with Crippen molar-refractivity contribution >= 4 is 23.4 Å². The van der Waals surface area contributed by atoms with E-state index in [1.165, 1.54) is 12.8 Å². The maximum absolute atomic E-state index is 13.5. The SMILES string of the molecule is CC1=C(C(=O)OC2CCCCCC2)[C@H](c2ccc(Cl)cc2)C2=C(CC(C)(C)CC2=O)N1. The number of esters is 1. The van der Waals surface area contributed by atoms with E-state index in [-0.39, 0.29) is 23.3 Å². The number of carbonyl (C=O) groups is 2. The average molecular weight is 442 g/mol. The lowest BCUT2D eigenvalue weighted by atomic mass is 9.68. The third kappa shape index (κ3) is 4.74. The summed E-state index contributed by atoms with van der Waals surface area (Å²) >= 11 is 6.13. The molecule has 0 saturated heterocycles. The van der Waals surface area contributed by atoms with Crippen LogP contribution in [0.5, 0.6) is 0 Å². The molecule has 0 spiro atoms. The Morgan fingerprint density at radius 1 is 1.06 bits per heavy atom. The Bertz CT molecular complexity index is 934. The van der Waals surface area contributed by atoms with Crippen molar-refractivity contribution in [3.05, 3.63) is 57.4 Å². The lowest BCUT2D eigenvalue weighted by Crippen LogP contribution is -2.39. The predicted molar refractivity (Wildman–Crippen MR) is 123 cm³/mol. The number of ether oxygens (including phenoxy) is 1. The minimum atomic E-state index is -0.421. The van der Waals surface area contributed by atoms with Gasteiger partial charge in [-0.15, -0.1) is 0 Å². The van der Waals surface area contributed by atoms with E-state index in [0.717, 1.165) is 49.1 Å². The number of carbonyl (C=O) groups excluding carboxylic acids is 2. The molecule has 2 aliphatic carbocycles. The molecule has 1 saturated carbocycles. The molecule has 1 atom stereocenters. The van der Waals surface area contributed by atoms with Gasteiger partial charge in [0, 0.05) is 34.3 Å². The summed E-state index contributed by atoms with van der Waals surface area (Å²) in [6.45, 7) is 6.15. The largest absolute Gasteiger partial charge is 0.459 e. The van der Waals surface area contributed by atoms with Crippen molar-refractivity contribution in [1.29, 1.82) is 0 Å². The fraction of sp³-hybridized carbons (Fsp3) is 0.538. The molecule has 1 fully saturated rings. The van der Waals surface area contributed by atoms with Gasteiger partial charge in [0.1, 0.15) is 6.10 Å². The van der Waals surface area contributed by atoms with E-state index >= 15 is 0 Å². The van der Waals surface area contributed by atoms with Crippen LogP contribution in [0.25, 0.3) is 0 Å². The van der Waals surface area contributed by atoms with Crippen LogP contribution in [0, 0.1) is 5.41 Å². The Balaban J connectivity index is 1.73. The lowest BCUT2D eigenvalue weighted by molar-refractivity contribution is -0.145. The molecule has 1 N–H and O–H groups in total. The zero-order chi connectivity index (χ0) is 22.2. The van der Waals surface area contributed by atoms with Gasteiger partial charge in [-0.1, -0.05) is 50.4 Å². The molecule has 1 aromatic rings. The van der Waals surface area contributed by atoms with Gasteiger partial charge in [-0.25, -0.2) is 4.79 Å². The van der Waals surface area contributed by atoms with E-state index in [0.29, 0.717) is 22.6 Å². The summed E-state index contributed by atoms with van der Waals surface area (Å²) in [4.78, 5) is 26.8.